The molecular weight excluding hydrogens is 342 g/mol. The van der Waals surface area contributed by atoms with Gasteiger partial charge >= 0.3 is 6.03 Å². The van der Waals surface area contributed by atoms with Crippen molar-refractivity contribution in [1.29, 1.82) is 0 Å². The number of nitrogens with one attached hydrogen (secondary N) is 1. The highest BCUT2D eigenvalue weighted by molar-refractivity contribution is 5.90. The van der Waals surface area contributed by atoms with Crippen LogP contribution in [0.4, 0.5) is 10.6 Å². The summed E-state index contributed by atoms with van der Waals surface area (Å²) in [6, 6.07) is 11.7. The van der Waals surface area contributed by atoms with E-state index in [4.69, 9.17) is 4.52 Å². The second-order valence-electron chi connectivity index (χ2n) is 7.09. The van der Waals surface area contributed by atoms with Gasteiger partial charge in [0, 0.05) is 37.2 Å². The number of urea groups is 1. The third-order valence-corrected chi connectivity index (χ3v) is 4.86. The van der Waals surface area contributed by atoms with Gasteiger partial charge in [0.25, 0.3) is 0 Å². The van der Waals surface area contributed by atoms with E-state index >= 15 is 0 Å². The molecule has 0 bridgehead atoms. The normalized spacial score (nSPS) is 13.6. The fourth-order valence-electron chi connectivity index (χ4n) is 3.15. The number of rotatable bonds is 5. The van der Waals surface area contributed by atoms with Crippen molar-refractivity contribution < 1.29 is 9.32 Å². The molecule has 1 N–H and O–H groups in total. The van der Waals surface area contributed by atoms with Gasteiger partial charge in [0.15, 0.2) is 0 Å². The molecule has 1 aliphatic carbocycles. The smallest absolute Gasteiger partial charge is 0.323 e. The van der Waals surface area contributed by atoms with Gasteiger partial charge in [-0.15, -0.1) is 0 Å². The Morgan fingerprint density at radius 2 is 2.07 bits per heavy atom. The van der Waals surface area contributed by atoms with E-state index in [1.807, 2.05) is 50.4 Å². The number of hydrogen-bond acceptors (Lipinski definition) is 4. The summed E-state index contributed by atoms with van der Waals surface area (Å²) in [5.74, 6) is 2.12. The van der Waals surface area contributed by atoms with Crippen LogP contribution in [0.1, 0.15) is 35.8 Å². The molecule has 4 rings (SSSR count). The number of anilines is 1. The molecule has 2 heterocycles. The first-order valence-corrected chi connectivity index (χ1v) is 9.09. The predicted octanol–water partition coefficient (Wildman–Crippen LogP) is 3.92. The zero-order valence-corrected chi connectivity index (χ0v) is 15.8. The van der Waals surface area contributed by atoms with E-state index in [0.717, 1.165) is 41.1 Å². The number of carbonyl (C=O) groups excluding carboxylic acids is 1. The third kappa shape index (κ3) is 3.58. The summed E-state index contributed by atoms with van der Waals surface area (Å²) in [6.45, 7) is 2.36. The van der Waals surface area contributed by atoms with E-state index < -0.39 is 0 Å². The molecule has 0 aliphatic heterocycles. The van der Waals surface area contributed by atoms with Crippen molar-refractivity contribution in [1.82, 2.24) is 19.8 Å². The second kappa shape index (κ2) is 6.90. The van der Waals surface area contributed by atoms with Crippen LogP contribution < -0.4 is 5.32 Å². The van der Waals surface area contributed by atoms with Gasteiger partial charge in [0.2, 0.25) is 0 Å². The lowest BCUT2D eigenvalue weighted by molar-refractivity contribution is 0.219. The van der Waals surface area contributed by atoms with Gasteiger partial charge in [-0.05, 0) is 19.8 Å². The van der Waals surface area contributed by atoms with Crippen molar-refractivity contribution in [2.75, 3.05) is 12.4 Å². The average molecular weight is 365 g/mol. The van der Waals surface area contributed by atoms with Crippen LogP contribution in [-0.4, -0.2) is 32.9 Å². The lowest BCUT2D eigenvalue weighted by Crippen LogP contribution is -2.31. The van der Waals surface area contributed by atoms with Crippen LogP contribution in [0.25, 0.3) is 11.3 Å². The molecule has 1 fully saturated rings. The van der Waals surface area contributed by atoms with Crippen molar-refractivity contribution in [2.45, 2.75) is 32.2 Å². The number of hydrogen-bond donors (Lipinski definition) is 1. The molecule has 2 aromatic heterocycles. The van der Waals surface area contributed by atoms with Crippen molar-refractivity contribution in [3.63, 3.8) is 0 Å². The monoisotopic (exact) mass is 365 g/mol. The predicted molar refractivity (Wildman–Crippen MR) is 102 cm³/mol. The Bertz CT molecular complexity index is 956. The van der Waals surface area contributed by atoms with Crippen LogP contribution in [0.2, 0.25) is 0 Å². The zero-order valence-electron chi connectivity index (χ0n) is 15.8. The molecule has 7 nitrogen and oxygen atoms in total. The first kappa shape index (κ1) is 17.3. The van der Waals surface area contributed by atoms with E-state index in [1.165, 1.54) is 0 Å². The lowest BCUT2D eigenvalue weighted by Gasteiger charge is -2.17. The molecule has 2 amide bonds. The highest BCUT2D eigenvalue weighted by Crippen LogP contribution is 2.40. The summed E-state index contributed by atoms with van der Waals surface area (Å²) in [5.41, 5.74) is 3.58. The second-order valence-corrected chi connectivity index (χ2v) is 7.09. The minimum absolute atomic E-state index is 0.211. The molecule has 1 aliphatic rings. The number of carbonyl (C=O) groups is 1. The van der Waals surface area contributed by atoms with Crippen LogP contribution in [0.15, 0.2) is 40.9 Å². The lowest BCUT2D eigenvalue weighted by atomic mass is 10.1. The Balaban J connectivity index is 1.46. The molecule has 140 valence electrons. The van der Waals surface area contributed by atoms with Gasteiger partial charge in [0.1, 0.15) is 17.3 Å². The van der Waals surface area contributed by atoms with E-state index in [2.05, 4.69) is 15.6 Å². The molecule has 0 atom stereocenters. The Kier molecular flexibility index (Phi) is 4.43. The summed E-state index contributed by atoms with van der Waals surface area (Å²) in [6.07, 6.45) is 2.32. The molecule has 3 aromatic rings. The van der Waals surface area contributed by atoms with E-state index in [1.54, 1.807) is 16.6 Å². The molecule has 1 aromatic carbocycles. The van der Waals surface area contributed by atoms with E-state index in [0.29, 0.717) is 18.3 Å². The maximum absolute atomic E-state index is 12.6. The third-order valence-electron chi connectivity index (χ3n) is 4.86. The van der Waals surface area contributed by atoms with Gasteiger partial charge in [-0.2, -0.15) is 5.10 Å². The summed E-state index contributed by atoms with van der Waals surface area (Å²) in [7, 11) is 3.57. The van der Waals surface area contributed by atoms with Crippen molar-refractivity contribution in [3.05, 3.63) is 53.4 Å². The first-order valence-electron chi connectivity index (χ1n) is 9.09. The average Bonchev–Trinajstić information content (AvgIpc) is 3.36. The topological polar surface area (TPSA) is 76.2 Å². The molecule has 0 spiro atoms. The van der Waals surface area contributed by atoms with Crippen LogP contribution in [0, 0.1) is 6.92 Å². The minimum atomic E-state index is -0.211. The Hall–Kier alpha value is -3.09. The SMILES string of the molecule is Cc1c(-c2ccccc2)nn(C)c1NC(=O)N(C)Cc1cc(C2CC2)on1. The summed E-state index contributed by atoms with van der Waals surface area (Å²) in [4.78, 5) is 14.2. The summed E-state index contributed by atoms with van der Waals surface area (Å²) in [5, 5.41) is 11.6. The molecule has 0 radical (unpaired) electrons. The number of benzene rings is 1. The number of aryl methyl sites for hydroxylation is 1. The number of aromatic nitrogens is 3. The van der Waals surface area contributed by atoms with Crippen LogP contribution >= 0.6 is 0 Å². The Labute approximate surface area is 158 Å². The highest BCUT2D eigenvalue weighted by Gasteiger charge is 2.28. The maximum atomic E-state index is 12.6. The van der Waals surface area contributed by atoms with Crippen LogP contribution in [0.3, 0.4) is 0 Å². The summed E-state index contributed by atoms with van der Waals surface area (Å²) < 4.78 is 7.05. The van der Waals surface area contributed by atoms with Gasteiger partial charge < -0.3 is 9.42 Å². The Morgan fingerprint density at radius 1 is 1.33 bits per heavy atom. The van der Waals surface area contributed by atoms with Crippen molar-refractivity contribution in [2.24, 2.45) is 7.05 Å². The molecule has 1 saturated carbocycles. The maximum Gasteiger partial charge on any atom is 0.323 e. The van der Waals surface area contributed by atoms with Gasteiger partial charge in [-0.3, -0.25) is 10.00 Å². The number of nitrogens with zero attached hydrogens (tertiary/aromatic N) is 4. The first-order chi connectivity index (χ1) is 13.0. The summed E-state index contributed by atoms with van der Waals surface area (Å²) >= 11 is 0. The minimum Gasteiger partial charge on any atom is -0.361 e. The fraction of sp³-hybridized carbons (Fsp3) is 0.350. The fourth-order valence-corrected chi connectivity index (χ4v) is 3.15. The van der Waals surface area contributed by atoms with Crippen molar-refractivity contribution >= 4 is 11.8 Å². The molecular formula is C20H23N5O2. The van der Waals surface area contributed by atoms with E-state index in [9.17, 15) is 4.79 Å². The molecule has 0 saturated heterocycles. The van der Waals surface area contributed by atoms with Gasteiger partial charge in [0.05, 0.1) is 12.2 Å². The molecule has 0 unspecified atom stereocenters. The highest BCUT2D eigenvalue weighted by atomic mass is 16.5. The van der Waals surface area contributed by atoms with Crippen LogP contribution in [0.5, 0.6) is 0 Å². The molecule has 7 heteroatoms. The van der Waals surface area contributed by atoms with Crippen LogP contribution in [-0.2, 0) is 13.6 Å². The standard InChI is InChI=1S/C20H23N5O2/c1-13-18(15-7-5-4-6-8-15)22-25(3)19(13)21-20(26)24(2)12-16-11-17(27-23-16)14-9-10-14/h4-8,11,14H,9-10,12H2,1-3H3,(H,21,26). The van der Waals surface area contributed by atoms with E-state index in [-0.39, 0.29) is 6.03 Å². The van der Waals surface area contributed by atoms with Crippen molar-refractivity contribution in [3.8, 4) is 11.3 Å². The van der Waals surface area contributed by atoms with Gasteiger partial charge in [-0.1, -0.05) is 35.5 Å². The number of amides is 2. The molecule has 27 heavy (non-hydrogen) atoms. The Morgan fingerprint density at radius 3 is 2.78 bits per heavy atom. The van der Waals surface area contributed by atoms with Gasteiger partial charge in [-0.25, -0.2) is 4.79 Å². The zero-order chi connectivity index (χ0) is 19.0. The largest absolute Gasteiger partial charge is 0.361 e. The quantitative estimate of drug-likeness (QED) is 0.743.